The number of alkyl carbamates (subject to hydrolysis) is 1. The molecule has 8 heteroatoms. The summed E-state index contributed by atoms with van der Waals surface area (Å²) in [5.41, 5.74) is 4.86. The van der Waals surface area contributed by atoms with E-state index in [4.69, 9.17) is 4.74 Å². The molecule has 35 heavy (non-hydrogen) atoms. The highest BCUT2D eigenvalue weighted by Crippen LogP contribution is 2.44. The van der Waals surface area contributed by atoms with Crippen molar-refractivity contribution in [3.8, 4) is 11.1 Å². The van der Waals surface area contributed by atoms with Crippen molar-refractivity contribution in [3.05, 3.63) is 95.3 Å². The van der Waals surface area contributed by atoms with E-state index < -0.39 is 42.3 Å². The zero-order valence-electron chi connectivity index (χ0n) is 19.0. The van der Waals surface area contributed by atoms with Crippen LogP contribution in [-0.4, -0.2) is 35.7 Å². The lowest BCUT2D eigenvalue weighted by Gasteiger charge is -2.21. The lowest BCUT2D eigenvalue weighted by atomic mass is 9.98. The highest BCUT2D eigenvalue weighted by Gasteiger charge is 2.30. The van der Waals surface area contributed by atoms with Gasteiger partial charge in [0.25, 0.3) is 0 Å². The van der Waals surface area contributed by atoms with E-state index in [0.29, 0.717) is 5.56 Å². The molecule has 0 heterocycles. The quantitative estimate of drug-likeness (QED) is 0.447. The van der Waals surface area contributed by atoms with Gasteiger partial charge in [-0.2, -0.15) is 0 Å². The number of halogens is 1. The van der Waals surface area contributed by atoms with Crippen molar-refractivity contribution in [1.29, 1.82) is 0 Å². The summed E-state index contributed by atoms with van der Waals surface area (Å²) in [5, 5.41) is 14.3. The molecule has 0 bridgehead atoms. The van der Waals surface area contributed by atoms with Crippen LogP contribution in [0.4, 0.5) is 9.18 Å². The molecule has 7 nitrogen and oxygen atoms in total. The highest BCUT2D eigenvalue weighted by molar-refractivity contribution is 5.89. The van der Waals surface area contributed by atoms with Crippen LogP contribution in [0.15, 0.2) is 72.8 Å². The second-order valence-electron chi connectivity index (χ2n) is 8.40. The van der Waals surface area contributed by atoms with Crippen LogP contribution < -0.4 is 10.6 Å². The molecule has 3 aromatic carbocycles. The first kappa shape index (κ1) is 23.9. The number of ether oxygens (including phenoxy) is 1. The summed E-state index contributed by atoms with van der Waals surface area (Å²) >= 11 is 0. The number of benzene rings is 3. The third-order valence-electron chi connectivity index (χ3n) is 6.06. The Kier molecular flexibility index (Phi) is 7.10. The van der Waals surface area contributed by atoms with Crippen LogP contribution in [0.25, 0.3) is 11.1 Å². The molecule has 2 atom stereocenters. The second-order valence-corrected chi connectivity index (χ2v) is 8.40. The summed E-state index contributed by atoms with van der Waals surface area (Å²) in [7, 11) is 0. The average molecular weight is 477 g/mol. The molecule has 0 aliphatic heterocycles. The van der Waals surface area contributed by atoms with Crippen molar-refractivity contribution in [1.82, 2.24) is 10.6 Å². The molecule has 1 aliphatic rings. The maximum Gasteiger partial charge on any atom is 0.407 e. The number of rotatable bonds is 8. The Hall–Kier alpha value is -4.20. The Morgan fingerprint density at radius 2 is 1.49 bits per heavy atom. The number of carboxylic acids is 1. The van der Waals surface area contributed by atoms with Gasteiger partial charge in [0.2, 0.25) is 5.91 Å². The van der Waals surface area contributed by atoms with E-state index in [1.807, 2.05) is 48.5 Å². The van der Waals surface area contributed by atoms with Gasteiger partial charge in [0.1, 0.15) is 18.5 Å². The van der Waals surface area contributed by atoms with Crippen LogP contribution in [0.3, 0.4) is 0 Å². The Balaban J connectivity index is 1.40. The Morgan fingerprint density at radius 1 is 0.914 bits per heavy atom. The van der Waals surface area contributed by atoms with E-state index in [0.717, 1.165) is 22.3 Å². The Morgan fingerprint density at radius 3 is 2.06 bits per heavy atom. The van der Waals surface area contributed by atoms with Crippen molar-refractivity contribution < 1.29 is 28.6 Å². The molecule has 180 valence electrons. The lowest BCUT2D eigenvalue weighted by Crippen LogP contribution is -2.48. The van der Waals surface area contributed by atoms with Gasteiger partial charge in [0.15, 0.2) is 0 Å². The molecular formula is C27H25FN2O5. The van der Waals surface area contributed by atoms with Crippen LogP contribution in [0.2, 0.25) is 0 Å². The minimum Gasteiger partial charge on any atom is -0.481 e. The molecule has 0 saturated carbocycles. The molecule has 3 aromatic rings. The summed E-state index contributed by atoms with van der Waals surface area (Å²) in [5.74, 6) is -2.51. The summed E-state index contributed by atoms with van der Waals surface area (Å²) in [6, 6.07) is 19.5. The molecule has 2 amide bonds. The Labute approximate surface area is 201 Å². The van der Waals surface area contributed by atoms with Gasteiger partial charge in [-0.3, -0.25) is 9.59 Å². The minimum atomic E-state index is -1.34. The molecule has 1 aliphatic carbocycles. The van der Waals surface area contributed by atoms with Crippen molar-refractivity contribution >= 4 is 18.0 Å². The first-order valence-electron chi connectivity index (χ1n) is 11.2. The van der Waals surface area contributed by atoms with Gasteiger partial charge in [0.05, 0.1) is 12.5 Å². The number of fused-ring (bicyclic) bond motifs is 3. The fourth-order valence-electron chi connectivity index (χ4n) is 4.32. The number of hydrogen-bond donors (Lipinski definition) is 3. The average Bonchev–Trinajstić information content (AvgIpc) is 3.16. The largest absolute Gasteiger partial charge is 0.481 e. The first-order valence-corrected chi connectivity index (χ1v) is 11.2. The molecule has 0 aromatic heterocycles. The smallest absolute Gasteiger partial charge is 0.407 e. The van der Waals surface area contributed by atoms with Crippen molar-refractivity contribution in [2.75, 3.05) is 6.61 Å². The van der Waals surface area contributed by atoms with Crippen molar-refractivity contribution in [2.24, 2.45) is 0 Å². The fraction of sp³-hybridized carbons (Fsp3) is 0.222. The van der Waals surface area contributed by atoms with E-state index in [2.05, 4.69) is 10.6 Å². The molecule has 3 N–H and O–H groups in total. The number of carbonyl (C=O) groups excluding carboxylic acids is 2. The van der Waals surface area contributed by atoms with Gasteiger partial charge >= 0.3 is 12.1 Å². The van der Waals surface area contributed by atoms with Gasteiger partial charge in [0, 0.05) is 5.92 Å². The molecular weight excluding hydrogens is 451 g/mol. The number of carboxylic acid groups (broad SMARTS) is 1. The third-order valence-corrected chi connectivity index (χ3v) is 6.06. The zero-order valence-corrected chi connectivity index (χ0v) is 19.0. The van der Waals surface area contributed by atoms with Crippen LogP contribution >= 0.6 is 0 Å². The SMILES string of the molecule is C[C@H](NC(=O)C(CC(=O)O)NC(=O)OCC1c2ccccc2-c2ccccc21)c1ccc(F)cc1. The van der Waals surface area contributed by atoms with Crippen molar-refractivity contribution in [3.63, 3.8) is 0 Å². The highest BCUT2D eigenvalue weighted by atomic mass is 19.1. The van der Waals surface area contributed by atoms with E-state index >= 15 is 0 Å². The molecule has 1 unspecified atom stereocenters. The molecule has 0 fully saturated rings. The van der Waals surface area contributed by atoms with Crippen LogP contribution in [-0.2, 0) is 14.3 Å². The number of nitrogens with one attached hydrogen (secondary N) is 2. The predicted molar refractivity (Wildman–Crippen MR) is 127 cm³/mol. The lowest BCUT2D eigenvalue weighted by molar-refractivity contribution is -0.140. The van der Waals surface area contributed by atoms with Gasteiger partial charge in [-0.15, -0.1) is 0 Å². The normalized spacial score (nSPS) is 13.8. The monoisotopic (exact) mass is 476 g/mol. The Bertz CT molecular complexity index is 1200. The summed E-state index contributed by atoms with van der Waals surface area (Å²) in [6.07, 6.45) is -1.51. The molecule has 4 rings (SSSR count). The van der Waals surface area contributed by atoms with Gasteiger partial charge in [-0.1, -0.05) is 60.7 Å². The third kappa shape index (κ3) is 5.48. The number of aliphatic carboxylic acids is 1. The second kappa shape index (κ2) is 10.4. The fourth-order valence-corrected chi connectivity index (χ4v) is 4.32. The van der Waals surface area contributed by atoms with Crippen molar-refractivity contribution in [2.45, 2.75) is 31.3 Å². The number of carbonyl (C=O) groups is 3. The zero-order chi connectivity index (χ0) is 24.9. The van der Waals surface area contributed by atoms with E-state index in [1.165, 1.54) is 24.3 Å². The summed E-state index contributed by atoms with van der Waals surface area (Å²) in [6.45, 7) is 1.71. The summed E-state index contributed by atoms with van der Waals surface area (Å²) < 4.78 is 18.6. The van der Waals surface area contributed by atoms with E-state index in [9.17, 15) is 23.9 Å². The predicted octanol–water partition coefficient (Wildman–Crippen LogP) is 4.38. The van der Waals surface area contributed by atoms with E-state index in [1.54, 1.807) is 6.92 Å². The van der Waals surface area contributed by atoms with E-state index in [-0.39, 0.29) is 12.5 Å². The maximum atomic E-state index is 13.2. The minimum absolute atomic E-state index is 0.0350. The van der Waals surface area contributed by atoms with Gasteiger partial charge < -0.3 is 20.5 Å². The maximum absolute atomic E-state index is 13.2. The van der Waals surface area contributed by atoms with Crippen LogP contribution in [0.1, 0.15) is 42.0 Å². The number of hydrogen-bond acceptors (Lipinski definition) is 4. The van der Waals surface area contributed by atoms with Crippen LogP contribution in [0, 0.1) is 5.82 Å². The van der Waals surface area contributed by atoms with Gasteiger partial charge in [-0.25, -0.2) is 9.18 Å². The topological polar surface area (TPSA) is 105 Å². The van der Waals surface area contributed by atoms with Crippen LogP contribution in [0.5, 0.6) is 0 Å². The molecule has 0 radical (unpaired) electrons. The van der Waals surface area contributed by atoms with Gasteiger partial charge in [-0.05, 0) is 46.9 Å². The summed E-state index contributed by atoms with van der Waals surface area (Å²) in [4.78, 5) is 36.6. The molecule has 0 spiro atoms. The standard InChI is InChI=1S/C27H25FN2O5/c1-16(17-10-12-18(28)13-11-17)29-26(33)24(14-25(31)32)30-27(34)35-15-23-21-8-4-2-6-19(21)20-7-3-5-9-22(20)23/h2-13,16,23-24H,14-15H2,1H3,(H,29,33)(H,30,34)(H,31,32)/t16-,24?/m0/s1. The molecule has 0 saturated heterocycles. The number of amides is 2. The first-order chi connectivity index (χ1) is 16.8.